The van der Waals surface area contributed by atoms with E-state index in [2.05, 4.69) is 10.2 Å². The van der Waals surface area contributed by atoms with Crippen LogP contribution in [-0.2, 0) is 9.53 Å². The Kier molecular flexibility index (Phi) is 5.73. The minimum atomic E-state index is -0.575. The van der Waals surface area contributed by atoms with Crippen LogP contribution in [0, 0.1) is 0 Å². The van der Waals surface area contributed by atoms with Crippen molar-refractivity contribution >= 4 is 29.3 Å². The van der Waals surface area contributed by atoms with Crippen molar-refractivity contribution in [1.29, 1.82) is 0 Å². The van der Waals surface area contributed by atoms with Crippen LogP contribution in [0.15, 0.2) is 64.2 Å². The number of carbonyl (C=O) groups is 1. The molecular formula is C18H15ClN2O3S. The van der Waals surface area contributed by atoms with Gasteiger partial charge >= 0.3 is 5.97 Å². The average Bonchev–Trinajstić information content (AvgIpc) is 3.09. The summed E-state index contributed by atoms with van der Waals surface area (Å²) in [5.41, 5.74) is 1.53. The molecule has 0 amide bonds. The van der Waals surface area contributed by atoms with E-state index in [0.29, 0.717) is 17.5 Å². The van der Waals surface area contributed by atoms with Crippen LogP contribution >= 0.6 is 23.4 Å². The van der Waals surface area contributed by atoms with E-state index in [1.165, 1.54) is 0 Å². The minimum Gasteiger partial charge on any atom is -0.465 e. The molecule has 0 bridgehead atoms. The fourth-order valence-corrected chi connectivity index (χ4v) is 3.26. The lowest BCUT2D eigenvalue weighted by Crippen LogP contribution is -2.13. The standard InChI is InChI=1S/C18H15ClN2O3S/c1-2-23-17(22)15(12-7-4-3-5-8-12)25-18-21-20-16(24-18)13-9-6-10-14(19)11-13/h3-11,15H,2H2,1H3/t15-/m1/s1. The second-order valence-electron chi connectivity index (χ2n) is 5.04. The molecule has 5 nitrogen and oxygen atoms in total. The van der Waals surface area contributed by atoms with Gasteiger partial charge in [-0.05, 0) is 42.4 Å². The molecule has 0 radical (unpaired) electrons. The van der Waals surface area contributed by atoms with E-state index in [1.807, 2.05) is 36.4 Å². The third-order valence-electron chi connectivity index (χ3n) is 3.30. The average molecular weight is 375 g/mol. The second-order valence-corrected chi connectivity index (χ2v) is 6.54. The summed E-state index contributed by atoms with van der Waals surface area (Å²) < 4.78 is 10.9. The molecule has 1 aromatic heterocycles. The number of thioether (sulfide) groups is 1. The topological polar surface area (TPSA) is 65.2 Å². The van der Waals surface area contributed by atoms with Crippen LogP contribution in [0.5, 0.6) is 0 Å². The highest BCUT2D eigenvalue weighted by Gasteiger charge is 2.26. The van der Waals surface area contributed by atoms with Crippen molar-refractivity contribution in [2.75, 3.05) is 6.61 Å². The van der Waals surface area contributed by atoms with Gasteiger partial charge in [-0.1, -0.05) is 48.0 Å². The monoisotopic (exact) mass is 374 g/mol. The Balaban J connectivity index is 1.84. The zero-order valence-corrected chi connectivity index (χ0v) is 15.0. The van der Waals surface area contributed by atoms with Gasteiger partial charge in [-0.15, -0.1) is 10.2 Å². The highest BCUT2D eigenvalue weighted by Crippen LogP contribution is 2.36. The predicted molar refractivity (Wildman–Crippen MR) is 96.4 cm³/mol. The molecule has 7 heteroatoms. The van der Waals surface area contributed by atoms with Gasteiger partial charge in [0.05, 0.1) is 6.61 Å². The van der Waals surface area contributed by atoms with Crippen molar-refractivity contribution in [3.8, 4) is 11.5 Å². The summed E-state index contributed by atoms with van der Waals surface area (Å²) in [6, 6.07) is 16.5. The zero-order valence-electron chi connectivity index (χ0n) is 13.4. The van der Waals surface area contributed by atoms with Crippen LogP contribution in [0.2, 0.25) is 5.02 Å². The van der Waals surface area contributed by atoms with Crippen molar-refractivity contribution in [1.82, 2.24) is 10.2 Å². The number of aromatic nitrogens is 2. The molecule has 0 saturated heterocycles. The third kappa shape index (κ3) is 4.41. The Morgan fingerprint density at radius 1 is 1.20 bits per heavy atom. The quantitative estimate of drug-likeness (QED) is 0.456. The summed E-state index contributed by atoms with van der Waals surface area (Å²) in [5, 5.41) is 8.35. The zero-order chi connectivity index (χ0) is 17.6. The molecular weight excluding hydrogens is 360 g/mol. The number of halogens is 1. The summed E-state index contributed by atoms with van der Waals surface area (Å²) in [7, 11) is 0. The number of rotatable bonds is 6. The molecule has 1 heterocycles. The summed E-state index contributed by atoms with van der Waals surface area (Å²) in [4.78, 5) is 12.3. The summed E-state index contributed by atoms with van der Waals surface area (Å²) >= 11 is 7.15. The lowest BCUT2D eigenvalue weighted by molar-refractivity contribution is -0.142. The molecule has 0 N–H and O–H groups in total. The van der Waals surface area contributed by atoms with Crippen LogP contribution in [-0.4, -0.2) is 22.8 Å². The fourth-order valence-electron chi connectivity index (χ4n) is 2.19. The van der Waals surface area contributed by atoms with Gasteiger partial charge in [0.1, 0.15) is 5.25 Å². The van der Waals surface area contributed by atoms with Gasteiger partial charge in [0.2, 0.25) is 5.89 Å². The normalized spacial score (nSPS) is 11.9. The molecule has 0 aliphatic carbocycles. The maximum atomic E-state index is 12.3. The number of carbonyl (C=O) groups excluding carboxylic acids is 1. The van der Waals surface area contributed by atoms with Gasteiger partial charge in [0.25, 0.3) is 5.22 Å². The third-order valence-corrected chi connectivity index (χ3v) is 4.60. The van der Waals surface area contributed by atoms with E-state index >= 15 is 0 Å². The van der Waals surface area contributed by atoms with E-state index in [4.69, 9.17) is 20.8 Å². The first kappa shape index (κ1) is 17.5. The van der Waals surface area contributed by atoms with Crippen LogP contribution in [0.3, 0.4) is 0 Å². The highest BCUT2D eigenvalue weighted by molar-refractivity contribution is 8.00. The molecule has 128 valence electrons. The van der Waals surface area contributed by atoms with E-state index in [0.717, 1.165) is 22.9 Å². The second kappa shape index (κ2) is 8.18. The van der Waals surface area contributed by atoms with Gasteiger partial charge < -0.3 is 9.15 Å². The molecule has 0 unspecified atom stereocenters. The SMILES string of the molecule is CCOC(=O)[C@H](Sc1nnc(-c2cccc(Cl)c2)o1)c1ccccc1. The number of hydrogen-bond acceptors (Lipinski definition) is 6. The predicted octanol–water partition coefficient (Wildman–Crippen LogP) is 4.79. The van der Waals surface area contributed by atoms with Crippen LogP contribution in [0.1, 0.15) is 17.7 Å². The van der Waals surface area contributed by atoms with Gasteiger partial charge in [-0.2, -0.15) is 0 Å². The first-order chi connectivity index (χ1) is 12.2. The minimum absolute atomic E-state index is 0.289. The van der Waals surface area contributed by atoms with Crippen molar-refractivity contribution in [3.05, 3.63) is 65.2 Å². The first-order valence-electron chi connectivity index (χ1n) is 7.65. The summed E-state index contributed by atoms with van der Waals surface area (Å²) in [5.74, 6) is 0.00174. The molecule has 2 aromatic carbocycles. The lowest BCUT2D eigenvalue weighted by Gasteiger charge is -2.13. The lowest BCUT2D eigenvalue weighted by atomic mass is 10.1. The maximum Gasteiger partial charge on any atom is 0.324 e. The number of ether oxygens (including phenoxy) is 1. The molecule has 0 saturated carbocycles. The van der Waals surface area contributed by atoms with Crippen LogP contribution in [0.4, 0.5) is 0 Å². The van der Waals surface area contributed by atoms with E-state index in [1.54, 1.807) is 25.1 Å². The number of benzene rings is 2. The molecule has 0 fully saturated rings. The van der Waals surface area contributed by atoms with Crippen molar-refractivity contribution in [2.45, 2.75) is 17.4 Å². The van der Waals surface area contributed by atoms with E-state index in [-0.39, 0.29) is 11.2 Å². The number of nitrogens with zero attached hydrogens (tertiary/aromatic N) is 2. The molecule has 25 heavy (non-hydrogen) atoms. The van der Waals surface area contributed by atoms with Crippen molar-refractivity contribution in [3.63, 3.8) is 0 Å². The van der Waals surface area contributed by atoms with Gasteiger partial charge in [0.15, 0.2) is 0 Å². The largest absolute Gasteiger partial charge is 0.465 e. The summed E-state index contributed by atoms with van der Waals surface area (Å²) in [6.45, 7) is 2.08. The van der Waals surface area contributed by atoms with Crippen molar-refractivity contribution < 1.29 is 13.9 Å². The van der Waals surface area contributed by atoms with Crippen LogP contribution < -0.4 is 0 Å². The van der Waals surface area contributed by atoms with E-state index < -0.39 is 5.25 Å². The molecule has 3 aromatic rings. The Morgan fingerprint density at radius 2 is 2.00 bits per heavy atom. The van der Waals surface area contributed by atoms with Crippen molar-refractivity contribution in [2.24, 2.45) is 0 Å². The molecule has 1 atom stereocenters. The van der Waals surface area contributed by atoms with E-state index in [9.17, 15) is 4.79 Å². The fraction of sp³-hybridized carbons (Fsp3) is 0.167. The molecule has 0 spiro atoms. The number of esters is 1. The molecule has 3 rings (SSSR count). The first-order valence-corrected chi connectivity index (χ1v) is 8.91. The summed E-state index contributed by atoms with van der Waals surface area (Å²) in [6.07, 6.45) is 0. The molecule has 0 aliphatic rings. The Labute approximate surface area is 154 Å². The Hall–Kier alpha value is -2.31. The van der Waals surface area contributed by atoms with Gasteiger partial charge in [0, 0.05) is 10.6 Å². The highest BCUT2D eigenvalue weighted by atomic mass is 35.5. The Morgan fingerprint density at radius 3 is 2.72 bits per heavy atom. The maximum absolute atomic E-state index is 12.3. The Bertz CT molecular complexity index is 854. The van der Waals surface area contributed by atoms with Crippen LogP contribution in [0.25, 0.3) is 11.5 Å². The van der Waals surface area contributed by atoms with Gasteiger partial charge in [-0.25, -0.2) is 0 Å². The number of hydrogen-bond donors (Lipinski definition) is 0. The molecule has 0 aliphatic heterocycles. The smallest absolute Gasteiger partial charge is 0.324 e. The van der Waals surface area contributed by atoms with Gasteiger partial charge in [-0.3, -0.25) is 4.79 Å².